The van der Waals surface area contributed by atoms with Gasteiger partial charge in [0.2, 0.25) is 0 Å². The zero-order valence-electron chi connectivity index (χ0n) is 10.2. The molecule has 2 aromatic carbocycles. The fourth-order valence-corrected chi connectivity index (χ4v) is 2.49. The van der Waals surface area contributed by atoms with Crippen molar-refractivity contribution in [1.82, 2.24) is 0 Å². The van der Waals surface area contributed by atoms with Crippen molar-refractivity contribution in [2.24, 2.45) is 0 Å². The first-order valence-electron chi connectivity index (χ1n) is 5.53. The normalized spacial score (nSPS) is 10.4. The molecule has 8 heteroatoms. The maximum atomic E-state index is 13.6. The molecule has 2 aromatic rings. The highest BCUT2D eigenvalue weighted by atomic mass is 32.2. The number of hydrogen-bond acceptors (Lipinski definition) is 4. The van der Waals surface area contributed by atoms with Crippen LogP contribution in [0.5, 0.6) is 0 Å². The van der Waals surface area contributed by atoms with Gasteiger partial charge in [-0.15, -0.1) is 0 Å². The first kappa shape index (κ1) is 14.9. The first-order chi connectivity index (χ1) is 9.88. The average Bonchev–Trinajstić information content (AvgIpc) is 2.41. The van der Waals surface area contributed by atoms with Gasteiger partial charge in [0.25, 0.3) is 5.69 Å². The largest absolute Gasteiger partial charge is 0.478 e. The maximum Gasteiger partial charge on any atom is 0.337 e. The third kappa shape index (κ3) is 3.34. The molecule has 0 atom stereocenters. The molecule has 0 bridgehead atoms. The molecule has 0 aliphatic carbocycles. The number of non-ortho nitro benzene ring substituents is 1. The molecule has 108 valence electrons. The van der Waals surface area contributed by atoms with E-state index in [1.165, 1.54) is 12.1 Å². The minimum absolute atomic E-state index is 0.0211. The van der Waals surface area contributed by atoms with E-state index in [0.29, 0.717) is 6.07 Å². The van der Waals surface area contributed by atoms with E-state index in [2.05, 4.69) is 0 Å². The minimum atomic E-state index is -1.37. The van der Waals surface area contributed by atoms with E-state index in [1.807, 2.05) is 0 Å². The van der Waals surface area contributed by atoms with E-state index < -0.39 is 22.5 Å². The fraction of sp³-hybridized carbons (Fsp3) is 0. The van der Waals surface area contributed by atoms with Gasteiger partial charge in [0.15, 0.2) is 0 Å². The van der Waals surface area contributed by atoms with Crippen molar-refractivity contribution >= 4 is 23.4 Å². The molecule has 21 heavy (non-hydrogen) atoms. The Morgan fingerprint density at radius 1 is 1.14 bits per heavy atom. The summed E-state index contributed by atoms with van der Waals surface area (Å²) in [6.07, 6.45) is 0. The van der Waals surface area contributed by atoms with Crippen LogP contribution >= 0.6 is 11.8 Å². The number of carboxylic acids is 1. The van der Waals surface area contributed by atoms with Gasteiger partial charge in [-0.3, -0.25) is 10.1 Å². The van der Waals surface area contributed by atoms with Crippen LogP contribution in [0.25, 0.3) is 0 Å². The Labute approximate surface area is 121 Å². The lowest BCUT2D eigenvalue weighted by molar-refractivity contribution is -0.384. The van der Waals surface area contributed by atoms with Gasteiger partial charge in [-0.2, -0.15) is 0 Å². The van der Waals surface area contributed by atoms with Crippen molar-refractivity contribution in [1.29, 1.82) is 0 Å². The number of nitro benzene ring substituents is 1. The Kier molecular flexibility index (Phi) is 4.18. The summed E-state index contributed by atoms with van der Waals surface area (Å²) in [5, 5.41) is 19.7. The van der Waals surface area contributed by atoms with E-state index >= 15 is 0 Å². The van der Waals surface area contributed by atoms with E-state index in [-0.39, 0.29) is 21.0 Å². The molecular formula is C13H7F2NO4S. The third-order valence-electron chi connectivity index (χ3n) is 2.52. The molecule has 0 saturated carbocycles. The Balaban J connectivity index is 2.44. The van der Waals surface area contributed by atoms with Gasteiger partial charge in [-0.1, -0.05) is 11.8 Å². The van der Waals surface area contributed by atoms with Crippen LogP contribution in [0.15, 0.2) is 46.2 Å². The lowest BCUT2D eigenvalue weighted by Gasteiger charge is -2.06. The molecule has 0 fully saturated rings. The third-order valence-corrected chi connectivity index (χ3v) is 3.65. The lowest BCUT2D eigenvalue weighted by atomic mass is 10.2. The van der Waals surface area contributed by atoms with Crippen molar-refractivity contribution < 1.29 is 23.6 Å². The molecule has 0 spiro atoms. The van der Waals surface area contributed by atoms with E-state index in [9.17, 15) is 23.7 Å². The average molecular weight is 311 g/mol. The topological polar surface area (TPSA) is 80.4 Å². The Hall–Kier alpha value is -2.48. The van der Waals surface area contributed by atoms with Crippen LogP contribution in [0.3, 0.4) is 0 Å². The van der Waals surface area contributed by atoms with E-state index in [1.54, 1.807) is 0 Å². The second-order valence-electron chi connectivity index (χ2n) is 3.92. The van der Waals surface area contributed by atoms with E-state index in [0.717, 1.165) is 30.0 Å². The molecule has 0 heterocycles. The van der Waals surface area contributed by atoms with Crippen molar-refractivity contribution in [3.63, 3.8) is 0 Å². The summed E-state index contributed by atoms with van der Waals surface area (Å²) >= 11 is 0.753. The molecular weight excluding hydrogens is 304 g/mol. The molecule has 0 saturated heterocycles. The first-order valence-corrected chi connectivity index (χ1v) is 6.35. The number of halogens is 2. The van der Waals surface area contributed by atoms with Crippen molar-refractivity contribution in [2.75, 3.05) is 0 Å². The minimum Gasteiger partial charge on any atom is -0.478 e. The lowest BCUT2D eigenvalue weighted by Crippen LogP contribution is -2.01. The SMILES string of the molecule is O=C(O)c1cc([N+](=O)[O-])ccc1Sc1ccc(F)cc1F. The van der Waals surface area contributed by atoms with Gasteiger partial charge < -0.3 is 5.11 Å². The van der Waals surface area contributed by atoms with Gasteiger partial charge in [-0.05, 0) is 18.2 Å². The smallest absolute Gasteiger partial charge is 0.337 e. The van der Waals surface area contributed by atoms with Gasteiger partial charge in [0, 0.05) is 28.0 Å². The molecule has 0 aliphatic rings. The van der Waals surface area contributed by atoms with Crippen molar-refractivity contribution in [2.45, 2.75) is 9.79 Å². The van der Waals surface area contributed by atoms with Crippen LogP contribution in [0.4, 0.5) is 14.5 Å². The Bertz CT molecular complexity index is 736. The summed E-state index contributed by atoms with van der Waals surface area (Å²) in [5.41, 5.74) is -0.700. The van der Waals surface area contributed by atoms with Crippen LogP contribution < -0.4 is 0 Å². The second kappa shape index (κ2) is 5.88. The Morgan fingerprint density at radius 3 is 2.38 bits per heavy atom. The number of aromatic carboxylic acids is 1. The highest BCUT2D eigenvalue weighted by molar-refractivity contribution is 7.99. The van der Waals surface area contributed by atoms with Crippen molar-refractivity contribution in [3.8, 4) is 0 Å². The van der Waals surface area contributed by atoms with Crippen LogP contribution in [0.1, 0.15) is 10.4 Å². The monoisotopic (exact) mass is 311 g/mol. The maximum absolute atomic E-state index is 13.6. The predicted octanol–water partition coefficient (Wildman–Crippen LogP) is 3.72. The quantitative estimate of drug-likeness (QED) is 0.687. The molecule has 2 rings (SSSR count). The van der Waals surface area contributed by atoms with Gasteiger partial charge in [0.1, 0.15) is 11.6 Å². The number of benzene rings is 2. The zero-order valence-corrected chi connectivity index (χ0v) is 11.1. The summed E-state index contributed by atoms with van der Waals surface area (Å²) in [7, 11) is 0. The molecule has 5 nitrogen and oxygen atoms in total. The number of rotatable bonds is 4. The molecule has 0 radical (unpaired) electrons. The highest BCUT2D eigenvalue weighted by Crippen LogP contribution is 2.34. The van der Waals surface area contributed by atoms with Gasteiger partial charge >= 0.3 is 5.97 Å². The molecule has 0 amide bonds. The number of carboxylic acid groups (broad SMARTS) is 1. The summed E-state index contributed by atoms with van der Waals surface area (Å²) in [6, 6.07) is 6.12. The summed E-state index contributed by atoms with van der Waals surface area (Å²) < 4.78 is 26.4. The van der Waals surface area contributed by atoms with E-state index in [4.69, 9.17) is 5.11 Å². The van der Waals surface area contributed by atoms with Gasteiger partial charge in [-0.25, -0.2) is 13.6 Å². The van der Waals surface area contributed by atoms with Crippen LogP contribution in [-0.4, -0.2) is 16.0 Å². The van der Waals surface area contributed by atoms with Crippen molar-refractivity contribution in [3.05, 3.63) is 63.7 Å². The predicted molar refractivity (Wildman–Crippen MR) is 70.5 cm³/mol. The molecule has 0 aliphatic heterocycles. The van der Waals surface area contributed by atoms with Gasteiger partial charge in [0.05, 0.1) is 10.5 Å². The summed E-state index contributed by atoms with van der Waals surface area (Å²) in [4.78, 5) is 21.2. The molecule has 1 N–H and O–H groups in total. The summed E-state index contributed by atoms with van der Waals surface area (Å²) in [6.45, 7) is 0. The number of nitro groups is 1. The van der Waals surface area contributed by atoms with Crippen LogP contribution in [0, 0.1) is 21.7 Å². The number of nitrogens with zero attached hydrogens (tertiary/aromatic N) is 1. The van der Waals surface area contributed by atoms with Crippen LogP contribution in [-0.2, 0) is 0 Å². The highest BCUT2D eigenvalue weighted by Gasteiger charge is 2.18. The molecule has 0 unspecified atom stereocenters. The number of hydrogen-bond donors (Lipinski definition) is 1. The summed E-state index contributed by atoms with van der Waals surface area (Å²) in [5.74, 6) is -2.96. The standard InChI is InChI=1S/C13H7F2NO4S/c14-7-1-3-12(10(15)5-7)21-11-4-2-8(16(19)20)6-9(11)13(17)18/h1-6H,(H,17,18). The van der Waals surface area contributed by atoms with Crippen LogP contribution in [0.2, 0.25) is 0 Å². The fourth-order valence-electron chi connectivity index (χ4n) is 1.56. The Morgan fingerprint density at radius 2 is 1.81 bits per heavy atom. The molecule has 0 aromatic heterocycles. The second-order valence-corrected chi connectivity index (χ2v) is 5.00. The number of carbonyl (C=O) groups is 1. The zero-order chi connectivity index (χ0) is 15.6.